The minimum absolute atomic E-state index is 0.0313. The van der Waals surface area contributed by atoms with E-state index in [2.05, 4.69) is 10.6 Å². The smallest absolute Gasteiger partial charge is 0.257 e. The molecule has 5 N–H and O–H groups in total. The molecule has 0 heterocycles. The SMILES string of the molecule is CC[C@@H](Nc1c(Nc2cccc(C(=O)N(C)C)c2O)c(=O)c1=O)c1ccc(O)c(O)c1. The van der Waals surface area contributed by atoms with Gasteiger partial charge in [0.05, 0.1) is 17.3 Å². The number of benzene rings is 2. The molecule has 0 aliphatic carbocycles. The summed E-state index contributed by atoms with van der Waals surface area (Å²) in [6.45, 7) is 1.85. The Morgan fingerprint density at radius 2 is 1.68 bits per heavy atom. The van der Waals surface area contributed by atoms with Crippen LogP contribution in [0.3, 0.4) is 0 Å². The molecule has 1 atom stereocenters. The van der Waals surface area contributed by atoms with E-state index in [9.17, 15) is 29.7 Å². The fourth-order valence-electron chi connectivity index (χ4n) is 3.19. The van der Waals surface area contributed by atoms with Crippen LogP contribution in [0.1, 0.15) is 35.3 Å². The lowest BCUT2D eigenvalue weighted by molar-refractivity contribution is 0.0824. The van der Waals surface area contributed by atoms with Crippen molar-refractivity contribution in [3.63, 3.8) is 0 Å². The van der Waals surface area contributed by atoms with Crippen LogP contribution in [0.2, 0.25) is 0 Å². The molecule has 3 aromatic carbocycles. The van der Waals surface area contributed by atoms with Gasteiger partial charge in [0.15, 0.2) is 17.2 Å². The normalized spacial score (nSPS) is 11.8. The zero-order chi connectivity index (χ0) is 22.9. The van der Waals surface area contributed by atoms with E-state index in [1.54, 1.807) is 26.2 Å². The molecule has 9 nitrogen and oxygen atoms in total. The van der Waals surface area contributed by atoms with Crippen molar-refractivity contribution in [2.45, 2.75) is 19.4 Å². The summed E-state index contributed by atoms with van der Waals surface area (Å²) in [4.78, 5) is 37.9. The third-order valence-corrected chi connectivity index (χ3v) is 4.97. The van der Waals surface area contributed by atoms with E-state index in [1.807, 2.05) is 6.92 Å². The highest BCUT2D eigenvalue weighted by Gasteiger charge is 2.25. The van der Waals surface area contributed by atoms with E-state index < -0.39 is 22.8 Å². The summed E-state index contributed by atoms with van der Waals surface area (Å²) < 4.78 is 0. The second kappa shape index (κ2) is 8.39. The van der Waals surface area contributed by atoms with Crippen molar-refractivity contribution >= 4 is 23.0 Å². The molecule has 0 fully saturated rings. The molecule has 0 bridgehead atoms. The molecule has 3 aromatic rings. The van der Waals surface area contributed by atoms with Crippen LogP contribution in [0, 0.1) is 0 Å². The lowest BCUT2D eigenvalue weighted by Gasteiger charge is -2.22. The van der Waals surface area contributed by atoms with Gasteiger partial charge in [-0.2, -0.15) is 0 Å². The highest BCUT2D eigenvalue weighted by Crippen LogP contribution is 2.34. The molecule has 0 radical (unpaired) electrons. The average molecular weight is 425 g/mol. The molecule has 0 aliphatic heterocycles. The number of para-hydroxylation sites is 1. The largest absolute Gasteiger partial charge is 0.505 e. The zero-order valence-electron chi connectivity index (χ0n) is 17.3. The van der Waals surface area contributed by atoms with Gasteiger partial charge in [0.2, 0.25) is 0 Å². The number of hydrogen-bond donors (Lipinski definition) is 5. The summed E-state index contributed by atoms with van der Waals surface area (Å²) in [5.74, 6) is -1.32. The van der Waals surface area contributed by atoms with Crippen LogP contribution in [0.4, 0.5) is 17.1 Å². The number of anilines is 3. The molecule has 31 heavy (non-hydrogen) atoms. The quantitative estimate of drug-likeness (QED) is 0.287. The van der Waals surface area contributed by atoms with Gasteiger partial charge < -0.3 is 30.9 Å². The van der Waals surface area contributed by atoms with Gasteiger partial charge in [-0.1, -0.05) is 19.1 Å². The van der Waals surface area contributed by atoms with E-state index >= 15 is 0 Å². The minimum Gasteiger partial charge on any atom is -0.505 e. The maximum Gasteiger partial charge on any atom is 0.257 e. The first-order valence-electron chi connectivity index (χ1n) is 9.58. The van der Waals surface area contributed by atoms with Crippen molar-refractivity contribution in [3.8, 4) is 17.2 Å². The lowest BCUT2D eigenvalue weighted by Crippen LogP contribution is -2.37. The Morgan fingerprint density at radius 3 is 2.29 bits per heavy atom. The van der Waals surface area contributed by atoms with Gasteiger partial charge in [-0.15, -0.1) is 0 Å². The van der Waals surface area contributed by atoms with E-state index in [-0.39, 0.29) is 39.9 Å². The fourth-order valence-corrected chi connectivity index (χ4v) is 3.19. The predicted octanol–water partition coefficient (Wildman–Crippen LogP) is 2.41. The van der Waals surface area contributed by atoms with Crippen LogP contribution >= 0.6 is 0 Å². The molecule has 0 spiro atoms. The maximum atomic E-state index is 12.2. The van der Waals surface area contributed by atoms with Crippen LogP contribution in [0.25, 0.3) is 0 Å². The molecule has 0 unspecified atom stereocenters. The molecule has 162 valence electrons. The second-order valence-electron chi connectivity index (χ2n) is 7.29. The summed E-state index contributed by atoms with van der Waals surface area (Å²) in [5.41, 5.74) is -0.700. The predicted molar refractivity (Wildman–Crippen MR) is 117 cm³/mol. The molecule has 1 amide bonds. The Labute approximate surface area is 177 Å². The topological polar surface area (TPSA) is 139 Å². The first kappa shape index (κ1) is 21.7. The third-order valence-electron chi connectivity index (χ3n) is 4.97. The Kier molecular flexibility index (Phi) is 5.87. The molecule has 3 rings (SSSR count). The van der Waals surface area contributed by atoms with Crippen LogP contribution < -0.4 is 21.5 Å². The Bertz CT molecular complexity index is 1210. The maximum absolute atomic E-state index is 12.2. The second-order valence-corrected chi connectivity index (χ2v) is 7.29. The van der Waals surface area contributed by atoms with Crippen LogP contribution in [-0.2, 0) is 0 Å². The van der Waals surface area contributed by atoms with Gasteiger partial charge in [0.25, 0.3) is 16.8 Å². The number of phenolic OH excluding ortho intramolecular Hbond substituents is 3. The third kappa shape index (κ3) is 4.02. The minimum atomic E-state index is -0.755. The number of nitrogens with one attached hydrogen (secondary N) is 2. The highest BCUT2D eigenvalue weighted by atomic mass is 16.3. The summed E-state index contributed by atoms with van der Waals surface area (Å²) in [6, 6.07) is 8.36. The lowest BCUT2D eigenvalue weighted by atomic mass is 10.0. The van der Waals surface area contributed by atoms with Gasteiger partial charge in [0, 0.05) is 14.1 Å². The summed E-state index contributed by atoms with van der Waals surface area (Å²) in [5, 5.41) is 35.5. The van der Waals surface area contributed by atoms with E-state index in [0.717, 1.165) is 0 Å². The van der Waals surface area contributed by atoms with E-state index in [0.29, 0.717) is 12.0 Å². The standard InChI is InChI=1S/C22H23N3O6/c1-4-13(11-8-9-15(26)16(27)10-11)23-17-18(21(30)20(17)29)24-14-7-5-6-12(19(14)28)22(31)25(2)3/h5-10,13,23-24,26-28H,4H2,1-3H3/t13-/m1/s1. The number of rotatable bonds is 7. The number of carbonyl (C=O) groups is 1. The first-order valence-corrected chi connectivity index (χ1v) is 9.58. The molecule has 0 saturated heterocycles. The first-order chi connectivity index (χ1) is 14.6. The Balaban J connectivity index is 1.91. The molecular formula is C22H23N3O6. The van der Waals surface area contributed by atoms with Gasteiger partial charge in [-0.3, -0.25) is 14.4 Å². The number of carbonyl (C=O) groups excluding carboxylic acids is 1. The monoisotopic (exact) mass is 425 g/mol. The van der Waals surface area contributed by atoms with E-state index in [4.69, 9.17) is 0 Å². The van der Waals surface area contributed by atoms with Crippen molar-refractivity contribution in [2.24, 2.45) is 0 Å². The molecular weight excluding hydrogens is 402 g/mol. The van der Waals surface area contributed by atoms with Crippen molar-refractivity contribution in [3.05, 3.63) is 68.0 Å². The van der Waals surface area contributed by atoms with Crippen LogP contribution in [0.5, 0.6) is 17.2 Å². The molecule has 9 heteroatoms. The molecule has 0 saturated carbocycles. The van der Waals surface area contributed by atoms with Crippen LogP contribution in [0.15, 0.2) is 46.0 Å². The summed E-state index contributed by atoms with van der Waals surface area (Å²) in [6.07, 6.45) is 0.514. The van der Waals surface area contributed by atoms with Gasteiger partial charge in [0.1, 0.15) is 11.4 Å². The number of nitrogens with zero attached hydrogens (tertiary/aromatic N) is 1. The van der Waals surface area contributed by atoms with Crippen molar-refractivity contribution < 1.29 is 20.1 Å². The Morgan fingerprint density at radius 1 is 1.00 bits per heavy atom. The number of hydrogen-bond acceptors (Lipinski definition) is 8. The fraction of sp³-hybridized carbons (Fsp3) is 0.227. The number of amides is 1. The van der Waals surface area contributed by atoms with Crippen molar-refractivity contribution in [1.29, 1.82) is 0 Å². The van der Waals surface area contributed by atoms with E-state index in [1.165, 1.54) is 29.2 Å². The van der Waals surface area contributed by atoms with Crippen molar-refractivity contribution in [2.75, 3.05) is 24.7 Å². The van der Waals surface area contributed by atoms with Gasteiger partial charge in [-0.05, 0) is 36.2 Å². The molecule has 0 aromatic heterocycles. The van der Waals surface area contributed by atoms with Gasteiger partial charge >= 0.3 is 0 Å². The summed E-state index contributed by atoms with van der Waals surface area (Å²) in [7, 11) is 3.10. The van der Waals surface area contributed by atoms with Crippen molar-refractivity contribution in [1.82, 2.24) is 4.90 Å². The average Bonchev–Trinajstić information content (AvgIpc) is 2.75. The number of phenols is 3. The van der Waals surface area contributed by atoms with Crippen LogP contribution in [-0.4, -0.2) is 40.2 Å². The molecule has 0 aliphatic rings. The number of aromatic hydroxyl groups is 3. The van der Waals surface area contributed by atoms with Gasteiger partial charge in [-0.25, -0.2) is 0 Å². The zero-order valence-corrected chi connectivity index (χ0v) is 17.3. The summed E-state index contributed by atoms with van der Waals surface area (Å²) >= 11 is 0. The highest BCUT2D eigenvalue weighted by molar-refractivity contribution is 5.99. The Hall–Kier alpha value is -4.01.